The first-order valence-electron chi connectivity index (χ1n) is 7.05. The minimum atomic E-state index is -0.0976. The minimum absolute atomic E-state index is 0. The second-order valence-corrected chi connectivity index (χ2v) is 6.11. The number of benzene rings is 1. The second kappa shape index (κ2) is 7.76. The molecule has 1 atom stereocenters. The van der Waals surface area contributed by atoms with Gasteiger partial charge in [0.1, 0.15) is 5.69 Å². The monoisotopic (exact) mass is 384 g/mol. The van der Waals surface area contributed by atoms with Crippen molar-refractivity contribution >= 4 is 34.2 Å². The zero-order valence-electron chi connectivity index (χ0n) is 11.9. The fourth-order valence-corrected chi connectivity index (χ4v) is 2.71. The topological polar surface area (TPSA) is 69.8 Å². The molecule has 22 heavy (non-hydrogen) atoms. The van der Waals surface area contributed by atoms with E-state index >= 15 is 0 Å². The summed E-state index contributed by atoms with van der Waals surface area (Å²) in [6.45, 7) is 1.86. The van der Waals surface area contributed by atoms with Gasteiger partial charge in [-0.25, -0.2) is 0 Å². The van der Waals surface area contributed by atoms with Crippen LogP contribution >= 0.6 is 28.3 Å². The van der Waals surface area contributed by atoms with Crippen LogP contribution in [0.2, 0.25) is 0 Å². The summed E-state index contributed by atoms with van der Waals surface area (Å²) in [5.41, 5.74) is 2.25. The fourth-order valence-electron chi connectivity index (χ4n) is 2.44. The predicted octanol–water partition coefficient (Wildman–Crippen LogP) is 2.74. The summed E-state index contributed by atoms with van der Waals surface area (Å²) >= 11 is 3.40. The summed E-state index contributed by atoms with van der Waals surface area (Å²) < 4.78 is 1.02. The Hall–Kier alpha value is -1.37. The third-order valence-electron chi connectivity index (χ3n) is 3.59. The molecule has 0 aliphatic carbocycles. The first-order valence-corrected chi connectivity index (χ1v) is 7.84. The van der Waals surface area contributed by atoms with Crippen molar-refractivity contribution in [3.8, 4) is 11.3 Å². The van der Waals surface area contributed by atoms with E-state index in [2.05, 4.69) is 36.8 Å². The van der Waals surface area contributed by atoms with Crippen molar-refractivity contribution < 1.29 is 4.79 Å². The average molecular weight is 386 g/mol. The number of nitrogens with one attached hydrogen (secondary N) is 3. The maximum Gasteiger partial charge on any atom is 0.269 e. The molecule has 1 fully saturated rings. The van der Waals surface area contributed by atoms with Gasteiger partial charge in [-0.05, 0) is 37.6 Å². The van der Waals surface area contributed by atoms with Crippen LogP contribution in [0.5, 0.6) is 0 Å². The van der Waals surface area contributed by atoms with Crippen LogP contribution in [0, 0.1) is 0 Å². The Balaban J connectivity index is 0.00000176. The number of amides is 1. The number of aromatic amines is 1. The molecule has 118 valence electrons. The summed E-state index contributed by atoms with van der Waals surface area (Å²) in [5, 5.41) is 13.3. The van der Waals surface area contributed by atoms with Gasteiger partial charge in [0.05, 0.1) is 5.69 Å². The van der Waals surface area contributed by atoms with Gasteiger partial charge < -0.3 is 10.6 Å². The van der Waals surface area contributed by atoms with Crippen LogP contribution in [0.1, 0.15) is 23.3 Å². The SMILES string of the molecule is Cl.O=C(N[C@H]1CCCNC1)c1cc(-c2ccc(Br)cc2)n[nH]1. The van der Waals surface area contributed by atoms with Crippen LogP contribution in [0.15, 0.2) is 34.8 Å². The fraction of sp³-hybridized carbons (Fsp3) is 0.333. The number of piperidine rings is 1. The van der Waals surface area contributed by atoms with E-state index in [1.165, 1.54) is 0 Å². The first kappa shape index (κ1) is 17.0. The van der Waals surface area contributed by atoms with Gasteiger partial charge in [0, 0.05) is 22.6 Å². The number of carbonyl (C=O) groups excluding carboxylic acids is 1. The van der Waals surface area contributed by atoms with Gasteiger partial charge in [-0.1, -0.05) is 28.1 Å². The lowest BCUT2D eigenvalue weighted by atomic mass is 10.1. The van der Waals surface area contributed by atoms with Crippen LogP contribution in [-0.4, -0.2) is 35.2 Å². The Morgan fingerprint density at radius 2 is 2.09 bits per heavy atom. The maximum absolute atomic E-state index is 12.2. The molecular formula is C15H18BrClN4O. The highest BCUT2D eigenvalue weighted by Gasteiger charge is 2.18. The summed E-state index contributed by atoms with van der Waals surface area (Å²) in [5.74, 6) is -0.0976. The van der Waals surface area contributed by atoms with Crippen molar-refractivity contribution in [1.82, 2.24) is 20.8 Å². The minimum Gasteiger partial charge on any atom is -0.347 e. The van der Waals surface area contributed by atoms with E-state index < -0.39 is 0 Å². The molecule has 1 amide bonds. The number of hydrogen-bond donors (Lipinski definition) is 3. The Kier molecular flexibility index (Phi) is 5.99. The highest BCUT2D eigenvalue weighted by molar-refractivity contribution is 9.10. The molecule has 0 spiro atoms. The van der Waals surface area contributed by atoms with E-state index in [1.807, 2.05) is 24.3 Å². The van der Waals surface area contributed by atoms with E-state index in [0.29, 0.717) is 5.69 Å². The molecule has 3 N–H and O–H groups in total. The van der Waals surface area contributed by atoms with Crippen molar-refractivity contribution in [2.45, 2.75) is 18.9 Å². The number of rotatable bonds is 3. The summed E-state index contributed by atoms with van der Waals surface area (Å²) in [4.78, 5) is 12.2. The molecule has 1 aliphatic rings. The molecule has 2 aromatic rings. The third-order valence-corrected chi connectivity index (χ3v) is 4.12. The van der Waals surface area contributed by atoms with Crippen molar-refractivity contribution in [1.29, 1.82) is 0 Å². The zero-order valence-corrected chi connectivity index (χ0v) is 14.3. The standard InChI is InChI=1S/C15H17BrN4O.ClH/c16-11-5-3-10(4-6-11)13-8-14(20-19-13)15(21)18-12-2-1-7-17-9-12;/h3-6,8,12,17H,1-2,7,9H2,(H,18,21)(H,19,20);1H/t12-;/m0./s1. The van der Waals surface area contributed by atoms with Crippen molar-refractivity contribution in [2.75, 3.05) is 13.1 Å². The number of H-pyrrole nitrogens is 1. The van der Waals surface area contributed by atoms with Crippen molar-refractivity contribution in [3.05, 3.63) is 40.5 Å². The average Bonchev–Trinajstić information content (AvgIpc) is 2.99. The zero-order chi connectivity index (χ0) is 14.7. The number of halogens is 2. The first-order chi connectivity index (χ1) is 10.2. The van der Waals surface area contributed by atoms with Crippen LogP contribution in [0.4, 0.5) is 0 Å². The van der Waals surface area contributed by atoms with E-state index in [-0.39, 0.29) is 24.4 Å². The highest BCUT2D eigenvalue weighted by atomic mass is 79.9. The number of carbonyl (C=O) groups is 1. The van der Waals surface area contributed by atoms with Gasteiger partial charge in [0.15, 0.2) is 0 Å². The maximum atomic E-state index is 12.2. The number of aromatic nitrogens is 2. The lowest BCUT2D eigenvalue weighted by molar-refractivity contribution is 0.0925. The van der Waals surface area contributed by atoms with Gasteiger partial charge in [0.2, 0.25) is 0 Å². The molecule has 1 aromatic carbocycles. The molecule has 0 unspecified atom stereocenters. The second-order valence-electron chi connectivity index (χ2n) is 5.19. The van der Waals surface area contributed by atoms with Crippen LogP contribution in [-0.2, 0) is 0 Å². The summed E-state index contributed by atoms with van der Waals surface area (Å²) in [6, 6.07) is 9.83. The highest BCUT2D eigenvalue weighted by Crippen LogP contribution is 2.20. The lowest BCUT2D eigenvalue weighted by Gasteiger charge is -2.23. The van der Waals surface area contributed by atoms with Crippen molar-refractivity contribution in [2.24, 2.45) is 0 Å². The van der Waals surface area contributed by atoms with Gasteiger partial charge >= 0.3 is 0 Å². The predicted molar refractivity (Wildman–Crippen MR) is 92.3 cm³/mol. The van der Waals surface area contributed by atoms with Crippen molar-refractivity contribution in [3.63, 3.8) is 0 Å². The number of nitrogens with zero attached hydrogens (tertiary/aromatic N) is 1. The Morgan fingerprint density at radius 1 is 1.32 bits per heavy atom. The van der Waals surface area contributed by atoms with E-state index in [4.69, 9.17) is 0 Å². The van der Waals surface area contributed by atoms with Crippen LogP contribution in [0.25, 0.3) is 11.3 Å². The van der Waals surface area contributed by atoms with Gasteiger partial charge in [0.25, 0.3) is 5.91 Å². The summed E-state index contributed by atoms with van der Waals surface area (Å²) in [6.07, 6.45) is 2.12. The Labute approximate surface area is 143 Å². The molecule has 1 aromatic heterocycles. The lowest BCUT2D eigenvalue weighted by Crippen LogP contribution is -2.45. The molecule has 5 nitrogen and oxygen atoms in total. The third kappa shape index (κ3) is 4.09. The van der Waals surface area contributed by atoms with Gasteiger partial charge in [-0.15, -0.1) is 12.4 Å². The van der Waals surface area contributed by atoms with E-state index in [9.17, 15) is 4.79 Å². The molecular weight excluding hydrogens is 368 g/mol. The molecule has 0 saturated carbocycles. The Morgan fingerprint density at radius 3 is 2.77 bits per heavy atom. The van der Waals surface area contributed by atoms with E-state index in [1.54, 1.807) is 6.07 Å². The normalized spacial score (nSPS) is 17.6. The molecule has 0 radical (unpaired) electrons. The Bertz CT molecular complexity index is 623. The molecule has 0 bridgehead atoms. The smallest absolute Gasteiger partial charge is 0.269 e. The molecule has 3 rings (SSSR count). The summed E-state index contributed by atoms with van der Waals surface area (Å²) in [7, 11) is 0. The number of hydrogen-bond acceptors (Lipinski definition) is 3. The largest absolute Gasteiger partial charge is 0.347 e. The molecule has 1 aliphatic heterocycles. The van der Waals surface area contributed by atoms with Gasteiger partial charge in [-0.3, -0.25) is 9.89 Å². The van der Waals surface area contributed by atoms with E-state index in [0.717, 1.165) is 41.7 Å². The van der Waals surface area contributed by atoms with Crippen LogP contribution < -0.4 is 10.6 Å². The molecule has 7 heteroatoms. The molecule has 2 heterocycles. The van der Waals surface area contributed by atoms with Crippen LogP contribution in [0.3, 0.4) is 0 Å². The van der Waals surface area contributed by atoms with Gasteiger partial charge in [-0.2, -0.15) is 5.10 Å². The molecule has 1 saturated heterocycles. The quantitative estimate of drug-likeness (QED) is 0.761.